The van der Waals surface area contributed by atoms with Crippen molar-refractivity contribution in [1.82, 2.24) is 9.97 Å². The number of imidazole rings is 1. The van der Waals surface area contributed by atoms with Crippen molar-refractivity contribution in [3.8, 4) is 11.4 Å². The van der Waals surface area contributed by atoms with Gasteiger partial charge in [-0.25, -0.2) is 4.98 Å². The Morgan fingerprint density at radius 3 is 2.95 bits per heavy atom. The molecule has 0 bridgehead atoms. The molecule has 0 aliphatic carbocycles. The third kappa shape index (κ3) is 1.69. The lowest BCUT2D eigenvalue weighted by Crippen LogP contribution is -1.86. The van der Waals surface area contributed by atoms with Crippen LogP contribution in [0.5, 0.6) is 0 Å². The summed E-state index contributed by atoms with van der Waals surface area (Å²) in [4.78, 5) is 7.92. The number of H-pyrrole nitrogens is 1. The minimum atomic E-state index is 0.592. The maximum absolute atomic E-state index is 6.03. The van der Waals surface area contributed by atoms with E-state index in [0.717, 1.165) is 22.4 Å². The SMILES string of the molecule is Nc1cc(Cl)cc2[nH]c(-c3csc4ccccc34)nc12. The van der Waals surface area contributed by atoms with Gasteiger partial charge in [0.15, 0.2) is 0 Å². The standard InChI is InChI=1S/C15H10ClN3S/c16-8-5-11(17)14-12(6-8)18-15(19-14)10-7-20-13-4-2-1-3-9(10)13/h1-7H,17H2,(H,18,19). The normalized spacial score (nSPS) is 11.4. The van der Waals surface area contributed by atoms with Crippen LogP contribution in [-0.2, 0) is 0 Å². The monoisotopic (exact) mass is 299 g/mol. The number of hydrogen-bond acceptors (Lipinski definition) is 3. The van der Waals surface area contributed by atoms with E-state index in [1.807, 2.05) is 18.2 Å². The van der Waals surface area contributed by atoms with Gasteiger partial charge in [0, 0.05) is 26.1 Å². The van der Waals surface area contributed by atoms with Crippen LogP contribution in [0.1, 0.15) is 0 Å². The fourth-order valence-corrected chi connectivity index (χ4v) is 3.57. The van der Waals surface area contributed by atoms with Gasteiger partial charge in [0.2, 0.25) is 0 Å². The van der Waals surface area contributed by atoms with E-state index in [1.54, 1.807) is 17.4 Å². The molecule has 2 heterocycles. The number of anilines is 1. The lowest BCUT2D eigenvalue weighted by molar-refractivity contribution is 1.35. The lowest BCUT2D eigenvalue weighted by atomic mass is 10.2. The van der Waals surface area contributed by atoms with E-state index < -0.39 is 0 Å². The summed E-state index contributed by atoms with van der Waals surface area (Å²) in [5.74, 6) is 0.825. The second kappa shape index (κ2) is 4.23. The van der Waals surface area contributed by atoms with Gasteiger partial charge in [-0.3, -0.25) is 0 Å². The number of rotatable bonds is 1. The Balaban J connectivity index is 2.01. The largest absolute Gasteiger partial charge is 0.397 e. The number of nitrogens with two attached hydrogens (primary N) is 1. The molecule has 0 unspecified atom stereocenters. The van der Waals surface area contributed by atoms with Gasteiger partial charge in [0.25, 0.3) is 0 Å². The van der Waals surface area contributed by atoms with E-state index >= 15 is 0 Å². The molecule has 3 nitrogen and oxygen atoms in total. The summed E-state index contributed by atoms with van der Waals surface area (Å²) in [6.45, 7) is 0. The first-order valence-corrected chi connectivity index (χ1v) is 7.39. The van der Waals surface area contributed by atoms with Crippen LogP contribution in [0.15, 0.2) is 41.8 Å². The molecule has 0 saturated carbocycles. The number of benzene rings is 2. The molecule has 0 radical (unpaired) electrons. The number of halogens is 1. The van der Waals surface area contributed by atoms with Gasteiger partial charge in [0.05, 0.1) is 11.2 Å². The van der Waals surface area contributed by atoms with E-state index in [2.05, 4.69) is 27.5 Å². The van der Waals surface area contributed by atoms with Crippen LogP contribution >= 0.6 is 22.9 Å². The van der Waals surface area contributed by atoms with Crippen LogP contribution in [0, 0.1) is 0 Å². The van der Waals surface area contributed by atoms with Crippen LogP contribution in [0.25, 0.3) is 32.5 Å². The van der Waals surface area contributed by atoms with E-state index in [-0.39, 0.29) is 0 Å². The first-order valence-electron chi connectivity index (χ1n) is 6.14. The number of aromatic amines is 1. The highest BCUT2D eigenvalue weighted by molar-refractivity contribution is 7.17. The number of hydrogen-bond donors (Lipinski definition) is 2. The van der Waals surface area contributed by atoms with E-state index in [1.165, 1.54) is 10.1 Å². The Kier molecular flexibility index (Phi) is 2.49. The van der Waals surface area contributed by atoms with Gasteiger partial charge in [-0.15, -0.1) is 11.3 Å². The maximum Gasteiger partial charge on any atom is 0.140 e. The molecule has 4 rings (SSSR count). The maximum atomic E-state index is 6.03. The Labute approximate surface area is 124 Å². The van der Waals surface area contributed by atoms with Crippen molar-refractivity contribution in [3.63, 3.8) is 0 Å². The molecule has 0 fully saturated rings. The Morgan fingerprint density at radius 1 is 1.20 bits per heavy atom. The zero-order valence-corrected chi connectivity index (χ0v) is 11.9. The number of aromatic nitrogens is 2. The van der Waals surface area contributed by atoms with Crippen LogP contribution in [-0.4, -0.2) is 9.97 Å². The van der Waals surface area contributed by atoms with Crippen molar-refractivity contribution in [2.24, 2.45) is 0 Å². The molecule has 2 aromatic carbocycles. The third-order valence-electron chi connectivity index (χ3n) is 3.32. The van der Waals surface area contributed by atoms with Gasteiger partial charge < -0.3 is 10.7 Å². The molecule has 20 heavy (non-hydrogen) atoms. The molecule has 0 amide bonds. The van der Waals surface area contributed by atoms with Gasteiger partial charge in [-0.2, -0.15) is 0 Å². The number of nitrogens with one attached hydrogen (secondary N) is 1. The average Bonchev–Trinajstić information content (AvgIpc) is 3.01. The predicted octanol–water partition coefficient (Wildman–Crippen LogP) is 4.68. The molecular weight excluding hydrogens is 290 g/mol. The fourth-order valence-electron chi connectivity index (χ4n) is 2.40. The topological polar surface area (TPSA) is 54.7 Å². The first-order chi connectivity index (χ1) is 9.72. The summed E-state index contributed by atoms with van der Waals surface area (Å²) in [6.07, 6.45) is 0. The zero-order valence-electron chi connectivity index (χ0n) is 10.4. The summed E-state index contributed by atoms with van der Waals surface area (Å²) in [5, 5.41) is 3.92. The van der Waals surface area contributed by atoms with Crippen molar-refractivity contribution in [1.29, 1.82) is 0 Å². The zero-order chi connectivity index (χ0) is 13.7. The van der Waals surface area contributed by atoms with Crippen LogP contribution in [0.4, 0.5) is 5.69 Å². The second-order valence-corrected chi connectivity index (χ2v) is 5.97. The second-order valence-electron chi connectivity index (χ2n) is 4.62. The van der Waals surface area contributed by atoms with Crippen LogP contribution in [0.2, 0.25) is 5.02 Å². The van der Waals surface area contributed by atoms with E-state index in [9.17, 15) is 0 Å². The molecule has 0 atom stereocenters. The van der Waals surface area contributed by atoms with Gasteiger partial charge in [-0.1, -0.05) is 29.8 Å². The van der Waals surface area contributed by atoms with Crippen molar-refractivity contribution < 1.29 is 0 Å². The van der Waals surface area contributed by atoms with Gasteiger partial charge >= 0.3 is 0 Å². The Morgan fingerprint density at radius 2 is 2.05 bits per heavy atom. The summed E-state index contributed by atoms with van der Waals surface area (Å²) in [5.41, 5.74) is 9.28. The van der Waals surface area contributed by atoms with Crippen molar-refractivity contribution in [3.05, 3.63) is 46.8 Å². The number of thiophene rings is 1. The first kappa shape index (κ1) is 11.8. The Hall–Kier alpha value is -2.04. The summed E-state index contributed by atoms with van der Waals surface area (Å²) < 4.78 is 1.24. The van der Waals surface area contributed by atoms with Gasteiger partial charge in [-0.05, 0) is 18.2 Å². The molecule has 4 aromatic rings. The van der Waals surface area contributed by atoms with Gasteiger partial charge in [0.1, 0.15) is 11.3 Å². The molecule has 0 aliphatic heterocycles. The molecule has 0 spiro atoms. The molecule has 5 heteroatoms. The summed E-state index contributed by atoms with van der Waals surface area (Å²) in [7, 11) is 0. The van der Waals surface area contributed by atoms with E-state index in [0.29, 0.717) is 10.7 Å². The van der Waals surface area contributed by atoms with Crippen LogP contribution in [0.3, 0.4) is 0 Å². The highest BCUT2D eigenvalue weighted by atomic mass is 35.5. The highest BCUT2D eigenvalue weighted by Gasteiger charge is 2.12. The number of nitrogens with zero attached hydrogens (tertiary/aromatic N) is 1. The lowest BCUT2D eigenvalue weighted by Gasteiger charge is -1.94. The quantitative estimate of drug-likeness (QED) is 0.501. The minimum absolute atomic E-state index is 0.592. The predicted molar refractivity (Wildman–Crippen MR) is 86.3 cm³/mol. The number of nitrogen functional groups attached to an aromatic ring is 1. The summed E-state index contributed by atoms with van der Waals surface area (Å²) in [6, 6.07) is 11.9. The fraction of sp³-hybridized carbons (Fsp3) is 0. The average molecular weight is 300 g/mol. The highest BCUT2D eigenvalue weighted by Crippen LogP contribution is 2.34. The molecule has 3 N–H and O–H groups in total. The van der Waals surface area contributed by atoms with Crippen molar-refractivity contribution >= 4 is 49.7 Å². The van der Waals surface area contributed by atoms with Crippen molar-refractivity contribution in [2.75, 3.05) is 5.73 Å². The smallest absolute Gasteiger partial charge is 0.140 e. The molecule has 98 valence electrons. The summed E-state index contributed by atoms with van der Waals surface area (Å²) >= 11 is 7.74. The van der Waals surface area contributed by atoms with Crippen LogP contribution < -0.4 is 5.73 Å². The van der Waals surface area contributed by atoms with Crippen molar-refractivity contribution in [2.45, 2.75) is 0 Å². The minimum Gasteiger partial charge on any atom is -0.397 e. The number of fused-ring (bicyclic) bond motifs is 2. The molecule has 0 aliphatic rings. The molecule has 2 aromatic heterocycles. The Bertz CT molecular complexity index is 939. The van der Waals surface area contributed by atoms with E-state index in [4.69, 9.17) is 17.3 Å². The third-order valence-corrected chi connectivity index (χ3v) is 4.50. The molecule has 0 saturated heterocycles. The molecular formula is C15H10ClN3S.